The van der Waals surface area contributed by atoms with Crippen LogP contribution in [-0.2, 0) is 15.7 Å². The lowest BCUT2D eigenvalue weighted by Gasteiger charge is -2.15. The number of hydrogen-bond acceptors (Lipinski definition) is 4. The van der Waals surface area contributed by atoms with Crippen molar-refractivity contribution in [3.8, 4) is 17.2 Å². The van der Waals surface area contributed by atoms with Crippen molar-refractivity contribution in [3.05, 3.63) is 54.1 Å². The molecule has 2 aromatic carbocycles. The molecule has 0 aliphatic carbocycles. The van der Waals surface area contributed by atoms with Gasteiger partial charge in [0.15, 0.2) is 6.10 Å². The number of carbonyl (C=O) groups excluding carboxylic acids is 1. The maximum Gasteiger partial charge on any atom is 0.419 e. The average Bonchev–Trinajstić information content (AvgIpc) is 2.55. The highest BCUT2D eigenvalue weighted by molar-refractivity contribution is 5.74. The summed E-state index contributed by atoms with van der Waals surface area (Å²) < 4.78 is 53.9. The molecule has 24 heavy (non-hydrogen) atoms. The number of esters is 1. The monoisotopic (exact) mass is 340 g/mol. The maximum absolute atomic E-state index is 12.9. The van der Waals surface area contributed by atoms with Crippen molar-refractivity contribution in [2.45, 2.75) is 19.2 Å². The smallest absolute Gasteiger partial charge is 0.419 e. The van der Waals surface area contributed by atoms with E-state index in [1.165, 1.54) is 56.5 Å². The number of ether oxygens (including phenoxy) is 3. The molecule has 0 aliphatic rings. The largest absolute Gasteiger partial charge is 0.479 e. The molecule has 2 aromatic rings. The van der Waals surface area contributed by atoms with Crippen LogP contribution in [0.4, 0.5) is 13.2 Å². The van der Waals surface area contributed by atoms with Gasteiger partial charge in [0, 0.05) is 0 Å². The fraction of sp³-hybridized carbons (Fsp3) is 0.235. The van der Waals surface area contributed by atoms with Crippen LogP contribution in [-0.4, -0.2) is 19.2 Å². The molecule has 0 saturated carbocycles. The van der Waals surface area contributed by atoms with Gasteiger partial charge in [0.05, 0.1) is 12.7 Å². The van der Waals surface area contributed by atoms with Crippen LogP contribution >= 0.6 is 0 Å². The SMILES string of the molecule is COC(=O)C(C)Oc1ccc(Oc2ccccc2C(F)(F)F)cc1. The molecule has 0 aromatic heterocycles. The average molecular weight is 340 g/mol. The first-order valence-electron chi connectivity index (χ1n) is 7.00. The van der Waals surface area contributed by atoms with Crippen LogP contribution in [0.25, 0.3) is 0 Å². The maximum atomic E-state index is 12.9. The number of carbonyl (C=O) groups is 1. The minimum absolute atomic E-state index is 0.213. The zero-order chi connectivity index (χ0) is 17.7. The van der Waals surface area contributed by atoms with Crippen LogP contribution in [0.1, 0.15) is 12.5 Å². The number of benzene rings is 2. The topological polar surface area (TPSA) is 44.8 Å². The van der Waals surface area contributed by atoms with Gasteiger partial charge in [0.25, 0.3) is 0 Å². The van der Waals surface area contributed by atoms with Gasteiger partial charge in [-0.2, -0.15) is 13.2 Å². The number of hydrogen-bond donors (Lipinski definition) is 0. The highest BCUT2D eigenvalue weighted by Crippen LogP contribution is 2.38. The molecule has 4 nitrogen and oxygen atoms in total. The molecular formula is C17H15F3O4. The summed E-state index contributed by atoms with van der Waals surface area (Å²) in [7, 11) is 1.25. The van der Waals surface area contributed by atoms with Crippen LogP contribution in [0.5, 0.6) is 17.2 Å². The van der Waals surface area contributed by atoms with Gasteiger partial charge in [0.2, 0.25) is 0 Å². The summed E-state index contributed by atoms with van der Waals surface area (Å²) in [6.45, 7) is 1.52. The van der Waals surface area contributed by atoms with Gasteiger partial charge in [-0.25, -0.2) is 4.79 Å². The third-order valence-corrected chi connectivity index (χ3v) is 3.09. The molecule has 128 valence electrons. The van der Waals surface area contributed by atoms with Gasteiger partial charge < -0.3 is 14.2 Å². The first kappa shape index (κ1) is 17.7. The third kappa shape index (κ3) is 4.41. The Morgan fingerprint density at radius 1 is 1.00 bits per heavy atom. The van der Waals surface area contributed by atoms with Crippen molar-refractivity contribution in [2.24, 2.45) is 0 Å². The molecule has 0 amide bonds. The minimum atomic E-state index is -4.50. The molecule has 7 heteroatoms. The lowest BCUT2D eigenvalue weighted by atomic mass is 10.2. The quantitative estimate of drug-likeness (QED) is 0.755. The lowest BCUT2D eigenvalue weighted by molar-refractivity contribution is -0.148. The van der Waals surface area contributed by atoms with E-state index in [0.717, 1.165) is 6.07 Å². The van der Waals surface area contributed by atoms with E-state index in [0.29, 0.717) is 5.75 Å². The Kier molecular flexibility index (Phi) is 5.33. The van der Waals surface area contributed by atoms with E-state index < -0.39 is 23.8 Å². The number of para-hydroxylation sites is 1. The number of rotatable bonds is 5. The Morgan fingerprint density at radius 2 is 1.58 bits per heavy atom. The zero-order valence-electron chi connectivity index (χ0n) is 13.0. The Morgan fingerprint density at radius 3 is 2.17 bits per heavy atom. The van der Waals surface area contributed by atoms with Crippen molar-refractivity contribution >= 4 is 5.97 Å². The second-order valence-corrected chi connectivity index (χ2v) is 4.85. The molecule has 0 fully saturated rings. The van der Waals surface area contributed by atoms with Crippen LogP contribution in [0, 0.1) is 0 Å². The van der Waals surface area contributed by atoms with Crippen LogP contribution in [0.15, 0.2) is 48.5 Å². The summed E-state index contributed by atoms with van der Waals surface area (Å²) in [6.07, 6.45) is -5.30. The van der Waals surface area contributed by atoms with Crippen LogP contribution < -0.4 is 9.47 Å². The Hall–Kier alpha value is -2.70. The van der Waals surface area contributed by atoms with E-state index >= 15 is 0 Å². The van der Waals surface area contributed by atoms with Gasteiger partial charge in [-0.1, -0.05) is 12.1 Å². The van der Waals surface area contributed by atoms with E-state index in [1.807, 2.05) is 0 Å². The molecule has 0 spiro atoms. The Balaban J connectivity index is 2.12. The molecule has 0 aliphatic heterocycles. The highest BCUT2D eigenvalue weighted by atomic mass is 19.4. The molecule has 0 bridgehead atoms. The molecule has 0 radical (unpaired) electrons. The van der Waals surface area contributed by atoms with Crippen molar-refractivity contribution in [2.75, 3.05) is 7.11 Å². The summed E-state index contributed by atoms with van der Waals surface area (Å²) in [5.74, 6) is -0.245. The predicted octanol–water partition coefficient (Wildman–Crippen LogP) is 4.44. The first-order valence-corrected chi connectivity index (χ1v) is 7.00. The van der Waals surface area contributed by atoms with E-state index in [4.69, 9.17) is 9.47 Å². The summed E-state index contributed by atoms with van der Waals surface area (Å²) in [5.41, 5.74) is -0.857. The van der Waals surface area contributed by atoms with Gasteiger partial charge >= 0.3 is 12.1 Å². The number of methoxy groups -OCH3 is 1. The summed E-state index contributed by atoms with van der Waals surface area (Å²) in [4.78, 5) is 11.3. The van der Waals surface area contributed by atoms with Gasteiger partial charge in [-0.15, -0.1) is 0 Å². The standard InChI is InChI=1S/C17H15F3O4/c1-11(16(21)22-2)23-12-7-9-13(10-8-12)24-15-6-4-3-5-14(15)17(18,19)20/h3-11H,1-2H3. The van der Waals surface area contributed by atoms with Crippen molar-refractivity contribution in [1.29, 1.82) is 0 Å². The molecular weight excluding hydrogens is 325 g/mol. The van der Waals surface area contributed by atoms with E-state index in [-0.39, 0.29) is 11.5 Å². The van der Waals surface area contributed by atoms with Crippen LogP contribution in [0.3, 0.4) is 0 Å². The normalized spacial score (nSPS) is 12.4. The van der Waals surface area contributed by atoms with E-state index in [1.54, 1.807) is 0 Å². The Labute approximate surface area is 136 Å². The first-order chi connectivity index (χ1) is 11.3. The fourth-order valence-corrected chi connectivity index (χ4v) is 1.92. The van der Waals surface area contributed by atoms with E-state index in [9.17, 15) is 18.0 Å². The molecule has 1 atom stereocenters. The second kappa shape index (κ2) is 7.25. The van der Waals surface area contributed by atoms with Crippen molar-refractivity contribution in [3.63, 3.8) is 0 Å². The molecule has 0 saturated heterocycles. The zero-order valence-corrected chi connectivity index (χ0v) is 13.0. The summed E-state index contributed by atoms with van der Waals surface area (Å²) >= 11 is 0. The van der Waals surface area contributed by atoms with Crippen molar-refractivity contribution < 1.29 is 32.2 Å². The summed E-state index contributed by atoms with van der Waals surface area (Å²) in [5, 5.41) is 0. The molecule has 1 unspecified atom stereocenters. The predicted molar refractivity (Wildman–Crippen MR) is 80.1 cm³/mol. The number of halogens is 3. The van der Waals surface area contributed by atoms with Gasteiger partial charge in [-0.05, 0) is 43.3 Å². The molecule has 0 N–H and O–H groups in total. The van der Waals surface area contributed by atoms with Gasteiger partial charge in [0.1, 0.15) is 17.2 Å². The fourth-order valence-electron chi connectivity index (χ4n) is 1.92. The van der Waals surface area contributed by atoms with Gasteiger partial charge in [-0.3, -0.25) is 0 Å². The lowest BCUT2D eigenvalue weighted by Crippen LogP contribution is -2.24. The molecule has 2 rings (SSSR count). The van der Waals surface area contributed by atoms with Crippen LogP contribution in [0.2, 0.25) is 0 Å². The second-order valence-electron chi connectivity index (χ2n) is 4.85. The third-order valence-electron chi connectivity index (χ3n) is 3.09. The molecule has 0 heterocycles. The van der Waals surface area contributed by atoms with Crippen molar-refractivity contribution in [1.82, 2.24) is 0 Å². The minimum Gasteiger partial charge on any atom is -0.479 e. The Bertz CT molecular complexity index is 696. The summed E-state index contributed by atoms with van der Waals surface area (Å²) in [6, 6.07) is 10.8. The highest BCUT2D eigenvalue weighted by Gasteiger charge is 2.34. The van der Waals surface area contributed by atoms with E-state index in [2.05, 4.69) is 4.74 Å². The number of alkyl halides is 3.